The largest absolute Gasteiger partial charge is 0.417 e. The number of nitrogens with one attached hydrogen (secondary N) is 1. The maximum atomic E-state index is 10.8. The number of amides is 1. The van der Waals surface area contributed by atoms with Gasteiger partial charge in [-0.25, -0.2) is 4.79 Å². The van der Waals surface area contributed by atoms with Gasteiger partial charge in [-0.3, -0.25) is 0 Å². The molecule has 2 heterocycles. The normalized spacial score (nSPS) is 46.8. The lowest BCUT2D eigenvalue weighted by atomic mass is 9.98. The van der Waals surface area contributed by atoms with E-state index in [1.807, 2.05) is 0 Å². The standard InChI is InChI=1S/C7H11NO6/c9-1-2-4(10)5(11)3-6(13-2)14-7(12)8-3/h2-6,9-11H,1H2,(H,8,12)/t2-,3-,4-,5-,6+/m1/s1. The SMILES string of the molecule is O=C1N[C@H]2[C@H](O1)O[C@H](CO)[C@@H](O)[C@@H]2O. The summed E-state index contributed by atoms with van der Waals surface area (Å²) < 4.78 is 9.71. The smallest absolute Gasteiger partial charge is 0.410 e. The molecule has 0 aromatic heterocycles. The maximum Gasteiger partial charge on any atom is 0.410 e. The van der Waals surface area contributed by atoms with Crippen LogP contribution in [0.15, 0.2) is 0 Å². The Morgan fingerprint density at radius 1 is 1.36 bits per heavy atom. The molecule has 4 N–H and O–H groups in total. The number of carbonyl (C=O) groups is 1. The summed E-state index contributed by atoms with van der Waals surface area (Å²) in [5, 5.41) is 30.1. The Morgan fingerprint density at radius 3 is 2.71 bits per heavy atom. The van der Waals surface area contributed by atoms with Crippen molar-refractivity contribution in [3.05, 3.63) is 0 Å². The van der Waals surface area contributed by atoms with E-state index in [1.54, 1.807) is 0 Å². The molecule has 0 saturated carbocycles. The van der Waals surface area contributed by atoms with Gasteiger partial charge >= 0.3 is 6.09 Å². The highest BCUT2D eigenvalue weighted by Crippen LogP contribution is 2.25. The van der Waals surface area contributed by atoms with E-state index < -0.39 is 43.3 Å². The monoisotopic (exact) mass is 205 g/mol. The Hall–Kier alpha value is -0.890. The van der Waals surface area contributed by atoms with Gasteiger partial charge in [-0.2, -0.15) is 0 Å². The van der Waals surface area contributed by atoms with Gasteiger partial charge in [-0.1, -0.05) is 0 Å². The Bertz CT molecular complexity index is 246. The lowest BCUT2D eigenvalue weighted by Gasteiger charge is -2.36. The number of alkyl carbamates (subject to hydrolysis) is 1. The van der Waals surface area contributed by atoms with Crippen molar-refractivity contribution in [1.82, 2.24) is 5.32 Å². The highest BCUT2D eigenvalue weighted by atomic mass is 16.7. The minimum atomic E-state index is -1.23. The van der Waals surface area contributed by atoms with Gasteiger partial charge in [0, 0.05) is 0 Å². The number of carbonyl (C=O) groups excluding carboxylic acids is 1. The zero-order chi connectivity index (χ0) is 10.3. The molecule has 0 radical (unpaired) electrons. The predicted molar refractivity (Wildman–Crippen MR) is 41.2 cm³/mol. The van der Waals surface area contributed by atoms with Crippen LogP contribution in [0.1, 0.15) is 0 Å². The van der Waals surface area contributed by atoms with E-state index in [1.165, 1.54) is 0 Å². The number of hydrogen-bond donors (Lipinski definition) is 4. The summed E-state index contributed by atoms with van der Waals surface area (Å²) in [7, 11) is 0. The van der Waals surface area contributed by atoms with Crippen molar-refractivity contribution in [2.75, 3.05) is 6.61 Å². The van der Waals surface area contributed by atoms with E-state index in [9.17, 15) is 15.0 Å². The molecule has 0 bridgehead atoms. The Balaban J connectivity index is 2.13. The molecule has 7 heteroatoms. The van der Waals surface area contributed by atoms with Crippen LogP contribution >= 0.6 is 0 Å². The first-order valence-electron chi connectivity index (χ1n) is 4.23. The second-order valence-electron chi connectivity index (χ2n) is 3.28. The third-order valence-corrected chi connectivity index (χ3v) is 2.39. The average molecular weight is 205 g/mol. The number of fused-ring (bicyclic) bond motifs is 1. The molecule has 7 nitrogen and oxygen atoms in total. The second-order valence-corrected chi connectivity index (χ2v) is 3.28. The summed E-state index contributed by atoms with van der Waals surface area (Å²) >= 11 is 0. The first kappa shape index (κ1) is 9.66. The van der Waals surface area contributed by atoms with Gasteiger partial charge in [0.2, 0.25) is 6.29 Å². The topological polar surface area (TPSA) is 108 Å². The molecule has 2 aliphatic heterocycles. The zero-order valence-electron chi connectivity index (χ0n) is 7.16. The van der Waals surface area contributed by atoms with Gasteiger partial charge in [0.05, 0.1) is 6.61 Å². The lowest BCUT2D eigenvalue weighted by molar-refractivity contribution is -0.234. The molecule has 2 aliphatic rings. The first-order chi connectivity index (χ1) is 6.63. The van der Waals surface area contributed by atoms with Crippen LogP contribution in [0.5, 0.6) is 0 Å². The molecule has 0 unspecified atom stereocenters. The van der Waals surface area contributed by atoms with Gasteiger partial charge in [-0.05, 0) is 0 Å². The van der Waals surface area contributed by atoms with Crippen molar-refractivity contribution in [2.45, 2.75) is 30.6 Å². The molecular weight excluding hydrogens is 194 g/mol. The summed E-state index contributed by atoms with van der Waals surface area (Å²) in [6, 6.07) is -0.778. The van der Waals surface area contributed by atoms with Crippen molar-refractivity contribution >= 4 is 6.09 Å². The molecule has 1 amide bonds. The van der Waals surface area contributed by atoms with E-state index in [-0.39, 0.29) is 0 Å². The molecule has 14 heavy (non-hydrogen) atoms. The van der Waals surface area contributed by atoms with E-state index >= 15 is 0 Å². The van der Waals surface area contributed by atoms with Crippen LogP contribution in [0.3, 0.4) is 0 Å². The molecule has 5 atom stereocenters. The number of rotatable bonds is 1. The van der Waals surface area contributed by atoms with Crippen LogP contribution in [0.4, 0.5) is 4.79 Å². The third kappa shape index (κ3) is 1.34. The van der Waals surface area contributed by atoms with Crippen LogP contribution in [0.2, 0.25) is 0 Å². The minimum absolute atomic E-state index is 0.445. The van der Waals surface area contributed by atoms with E-state index in [0.29, 0.717) is 0 Å². The molecule has 0 spiro atoms. The molecule has 0 aliphatic carbocycles. The van der Waals surface area contributed by atoms with Crippen molar-refractivity contribution < 1.29 is 29.6 Å². The van der Waals surface area contributed by atoms with E-state index in [4.69, 9.17) is 9.84 Å². The Labute approximate surface area is 79.2 Å². The van der Waals surface area contributed by atoms with Gasteiger partial charge in [0.15, 0.2) is 0 Å². The van der Waals surface area contributed by atoms with E-state index in [0.717, 1.165) is 0 Å². The number of aliphatic hydroxyl groups is 3. The van der Waals surface area contributed by atoms with Crippen molar-refractivity contribution in [3.8, 4) is 0 Å². The highest BCUT2D eigenvalue weighted by molar-refractivity contribution is 5.70. The number of hydrogen-bond acceptors (Lipinski definition) is 6. The Kier molecular flexibility index (Phi) is 2.31. The van der Waals surface area contributed by atoms with Crippen LogP contribution < -0.4 is 5.32 Å². The van der Waals surface area contributed by atoms with Gasteiger partial charge in [0.25, 0.3) is 0 Å². The zero-order valence-corrected chi connectivity index (χ0v) is 7.16. The lowest BCUT2D eigenvalue weighted by Crippen LogP contribution is -2.60. The second kappa shape index (κ2) is 3.35. The maximum absolute atomic E-state index is 10.8. The Morgan fingerprint density at radius 2 is 2.07 bits per heavy atom. The first-order valence-corrected chi connectivity index (χ1v) is 4.23. The number of ether oxygens (including phenoxy) is 2. The van der Waals surface area contributed by atoms with Crippen molar-refractivity contribution in [1.29, 1.82) is 0 Å². The van der Waals surface area contributed by atoms with Crippen LogP contribution in [-0.4, -0.2) is 58.7 Å². The van der Waals surface area contributed by atoms with Crippen LogP contribution in [0, 0.1) is 0 Å². The van der Waals surface area contributed by atoms with Gasteiger partial charge < -0.3 is 30.1 Å². The predicted octanol–water partition coefficient (Wildman–Crippen LogP) is -2.47. The fourth-order valence-electron chi connectivity index (χ4n) is 1.61. The summed E-state index contributed by atoms with van der Waals surface area (Å²) in [6.07, 6.45) is -5.01. The average Bonchev–Trinajstić information content (AvgIpc) is 2.52. The fraction of sp³-hybridized carbons (Fsp3) is 0.857. The quantitative estimate of drug-likeness (QED) is 0.378. The highest BCUT2D eigenvalue weighted by Gasteiger charge is 2.50. The minimum Gasteiger partial charge on any atom is -0.417 e. The molecule has 0 aromatic rings. The molecular formula is C7H11NO6. The van der Waals surface area contributed by atoms with Crippen LogP contribution in [-0.2, 0) is 9.47 Å². The molecule has 2 saturated heterocycles. The van der Waals surface area contributed by atoms with Crippen LogP contribution in [0.25, 0.3) is 0 Å². The summed E-state index contributed by atoms with van der Waals surface area (Å²) in [5.74, 6) is 0. The summed E-state index contributed by atoms with van der Waals surface area (Å²) in [6.45, 7) is -0.445. The van der Waals surface area contributed by atoms with E-state index in [2.05, 4.69) is 10.1 Å². The van der Waals surface area contributed by atoms with Gasteiger partial charge in [0.1, 0.15) is 24.4 Å². The molecule has 0 aromatic carbocycles. The van der Waals surface area contributed by atoms with Crippen molar-refractivity contribution in [2.24, 2.45) is 0 Å². The van der Waals surface area contributed by atoms with Gasteiger partial charge in [-0.15, -0.1) is 0 Å². The molecule has 80 valence electrons. The third-order valence-electron chi connectivity index (χ3n) is 2.39. The molecule has 2 rings (SSSR count). The summed E-state index contributed by atoms with van der Waals surface area (Å²) in [4.78, 5) is 10.8. The molecule has 2 fully saturated rings. The fourth-order valence-corrected chi connectivity index (χ4v) is 1.61. The van der Waals surface area contributed by atoms with Crippen molar-refractivity contribution in [3.63, 3.8) is 0 Å². The summed E-state index contributed by atoms with van der Waals surface area (Å²) in [5.41, 5.74) is 0. The number of aliphatic hydroxyl groups excluding tert-OH is 3.